The normalized spacial score (nSPS) is 12.8. The van der Waals surface area contributed by atoms with Gasteiger partial charge in [-0.25, -0.2) is 9.37 Å². The first kappa shape index (κ1) is 21.4. The average Bonchev–Trinajstić information content (AvgIpc) is 3.66. The molecule has 0 spiro atoms. The van der Waals surface area contributed by atoms with E-state index in [2.05, 4.69) is 20.6 Å². The van der Waals surface area contributed by atoms with E-state index in [0.29, 0.717) is 23.6 Å². The number of alkyl halides is 1. The van der Waals surface area contributed by atoms with Gasteiger partial charge in [-0.2, -0.15) is 0 Å². The molecule has 2 aromatic heterocycles. The predicted octanol–water partition coefficient (Wildman–Crippen LogP) is 4.15. The maximum absolute atomic E-state index is 12.9. The summed E-state index contributed by atoms with van der Waals surface area (Å²) in [7, 11) is 1.84. The Hall–Kier alpha value is -3.81. The second kappa shape index (κ2) is 9.55. The molecule has 1 saturated carbocycles. The van der Waals surface area contributed by atoms with Crippen molar-refractivity contribution in [3.05, 3.63) is 66.6 Å². The van der Waals surface area contributed by atoms with E-state index in [1.165, 1.54) is 6.20 Å². The second-order valence-corrected chi connectivity index (χ2v) is 7.73. The largest absolute Gasteiger partial charge is 0.372 e. The van der Waals surface area contributed by atoms with E-state index in [9.17, 15) is 14.0 Å². The fraction of sp³-hybridized carbons (Fsp3) is 0.250. The van der Waals surface area contributed by atoms with Gasteiger partial charge in [0.1, 0.15) is 12.5 Å². The van der Waals surface area contributed by atoms with E-state index in [1.807, 2.05) is 42.3 Å². The van der Waals surface area contributed by atoms with Gasteiger partial charge in [-0.3, -0.25) is 14.6 Å². The van der Waals surface area contributed by atoms with Crippen LogP contribution in [0.5, 0.6) is 0 Å². The minimum absolute atomic E-state index is 0.0513. The summed E-state index contributed by atoms with van der Waals surface area (Å²) in [6, 6.07) is 12.6. The SMILES string of the molecule is CN(CC[18F])c1ccc(-c2ccncc2NC(=O)c2ccnc(NC(=O)C3CC3)c2)cc1. The summed E-state index contributed by atoms with van der Waals surface area (Å²) in [6.45, 7) is -0.0925. The zero-order chi connectivity index (χ0) is 22.5. The summed E-state index contributed by atoms with van der Waals surface area (Å²) in [6.07, 6.45) is 6.53. The topological polar surface area (TPSA) is 87.2 Å². The highest BCUT2D eigenvalue weighted by Gasteiger charge is 2.29. The van der Waals surface area contributed by atoms with Crippen molar-refractivity contribution >= 4 is 29.0 Å². The minimum Gasteiger partial charge on any atom is -0.372 e. The first-order valence-electron chi connectivity index (χ1n) is 10.4. The molecule has 0 saturated heterocycles. The quantitative estimate of drug-likeness (QED) is 0.558. The van der Waals surface area contributed by atoms with E-state index in [0.717, 1.165) is 29.7 Å². The van der Waals surface area contributed by atoms with Gasteiger partial charge in [0.2, 0.25) is 5.91 Å². The maximum Gasteiger partial charge on any atom is 0.255 e. The molecule has 2 N–H and O–H groups in total. The zero-order valence-electron chi connectivity index (χ0n) is 17.7. The van der Waals surface area contributed by atoms with Gasteiger partial charge in [-0.1, -0.05) is 12.1 Å². The third kappa shape index (κ3) is 5.08. The number of halogens is 1. The van der Waals surface area contributed by atoms with Gasteiger partial charge in [0.05, 0.1) is 11.9 Å². The lowest BCUT2D eigenvalue weighted by Crippen LogP contribution is -2.19. The number of nitrogens with zero attached hydrogens (tertiary/aromatic N) is 3. The van der Waals surface area contributed by atoms with E-state index in [1.54, 1.807) is 24.5 Å². The third-order valence-corrected chi connectivity index (χ3v) is 5.33. The van der Waals surface area contributed by atoms with Crippen LogP contribution in [0.3, 0.4) is 0 Å². The summed E-state index contributed by atoms with van der Waals surface area (Å²) in [5, 5.41) is 5.65. The first-order chi connectivity index (χ1) is 15.5. The molecule has 164 valence electrons. The standard InChI is InChI=1S/C24H24FN5O2/c1-30(13-10-25)19-6-4-16(5-7-19)20-9-11-26-15-21(20)28-24(32)18-8-12-27-22(14-18)29-23(31)17-2-3-17/h4-9,11-12,14-15,17H,2-3,10,13H2,1H3,(H,28,32)(H,27,29,31)/i25-1. The van der Waals surface area contributed by atoms with E-state index in [4.69, 9.17) is 0 Å². The smallest absolute Gasteiger partial charge is 0.255 e. The van der Waals surface area contributed by atoms with E-state index in [-0.39, 0.29) is 17.7 Å². The lowest BCUT2D eigenvalue weighted by atomic mass is 10.0. The van der Waals surface area contributed by atoms with Crippen LogP contribution in [-0.2, 0) is 4.79 Å². The van der Waals surface area contributed by atoms with Gasteiger partial charge < -0.3 is 15.5 Å². The van der Waals surface area contributed by atoms with Crippen molar-refractivity contribution in [2.24, 2.45) is 5.92 Å². The van der Waals surface area contributed by atoms with Crippen molar-refractivity contribution in [2.45, 2.75) is 12.8 Å². The number of hydrogen-bond donors (Lipinski definition) is 2. The molecule has 2 amide bonds. The molecule has 1 fully saturated rings. The van der Waals surface area contributed by atoms with Crippen LogP contribution in [0, 0.1) is 5.92 Å². The number of anilines is 3. The monoisotopic (exact) mass is 432 g/mol. The van der Waals surface area contributed by atoms with Gasteiger partial charge in [-0.05, 0) is 48.7 Å². The molecule has 0 radical (unpaired) electrons. The van der Waals surface area contributed by atoms with Crippen LogP contribution >= 0.6 is 0 Å². The lowest BCUT2D eigenvalue weighted by Gasteiger charge is -2.18. The summed E-state index contributed by atoms with van der Waals surface area (Å²) in [5.41, 5.74) is 3.55. The molecule has 1 aliphatic carbocycles. The average molecular weight is 432 g/mol. The second-order valence-electron chi connectivity index (χ2n) is 7.73. The number of rotatable bonds is 8. The van der Waals surface area contributed by atoms with Gasteiger partial charge in [-0.15, -0.1) is 0 Å². The number of pyridine rings is 2. The number of carbonyl (C=O) groups is 2. The van der Waals surface area contributed by atoms with Crippen LogP contribution in [0.1, 0.15) is 23.2 Å². The molecule has 0 aliphatic heterocycles. The number of nitrogens with one attached hydrogen (secondary N) is 2. The molecular weight excluding hydrogens is 408 g/mol. The number of carbonyl (C=O) groups excluding carboxylic acids is 2. The van der Waals surface area contributed by atoms with Crippen LogP contribution in [-0.4, -0.2) is 42.0 Å². The Morgan fingerprint density at radius 1 is 1.09 bits per heavy atom. The molecule has 7 nitrogen and oxygen atoms in total. The van der Waals surface area contributed by atoms with Crippen molar-refractivity contribution in [2.75, 3.05) is 35.8 Å². The van der Waals surface area contributed by atoms with Gasteiger partial charge in [0, 0.05) is 48.7 Å². The Morgan fingerprint density at radius 3 is 2.59 bits per heavy atom. The van der Waals surface area contributed by atoms with Gasteiger partial charge >= 0.3 is 0 Å². The van der Waals surface area contributed by atoms with Crippen molar-refractivity contribution in [1.29, 1.82) is 0 Å². The van der Waals surface area contributed by atoms with E-state index < -0.39 is 6.67 Å². The molecule has 0 atom stereocenters. The zero-order valence-corrected chi connectivity index (χ0v) is 17.7. The van der Waals surface area contributed by atoms with Crippen LogP contribution in [0.15, 0.2) is 61.1 Å². The molecular formula is C24H24FN5O2. The van der Waals surface area contributed by atoms with Crippen molar-refractivity contribution in [3.63, 3.8) is 0 Å². The number of amides is 2. The van der Waals surface area contributed by atoms with E-state index >= 15 is 0 Å². The predicted molar refractivity (Wildman–Crippen MR) is 122 cm³/mol. The molecule has 3 aromatic rings. The Balaban J connectivity index is 1.51. The Kier molecular flexibility index (Phi) is 6.39. The minimum atomic E-state index is -0.417. The maximum atomic E-state index is 12.9. The summed E-state index contributed by atoms with van der Waals surface area (Å²) in [5.74, 6) is 0.0115. The molecule has 0 unspecified atom stereocenters. The van der Waals surface area contributed by atoms with Crippen LogP contribution in [0.4, 0.5) is 21.6 Å². The number of benzene rings is 1. The fourth-order valence-electron chi connectivity index (χ4n) is 3.31. The molecule has 8 heteroatoms. The number of hydrogen-bond acceptors (Lipinski definition) is 5. The molecule has 1 aliphatic rings. The molecule has 4 rings (SSSR count). The highest BCUT2D eigenvalue weighted by atomic mass is 18.2. The summed E-state index contributed by atoms with van der Waals surface area (Å²) < 4.78 is 12.6. The fourth-order valence-corrected chi connectivity index (χ4v) is 3.31. The van der Waals surface area contributed by atoms with Crippen molar-refractivity contribution in [1.82, 2.24) is 9.97 Å². The summed E-state index contributed by atoms with van der Waals surface area (Å²) >= 11 is 0. The van der Waals surface area contributed by atoms with Crippen LogP contribution in [0.25, 0.3) is 11.1 Å². The Labute approximate surface area is 185 Å². The third-order valence-electron chi connectivity index (χ3n) is 5.33. The molecule has 2 heterocycles. The Bertz CT molecular complexity index is 1120. The first-order valence-corrected chi connectivity index (χ1v) is 10.4. The Morgan fingerprint density at radius 2 is 1.88 bits per heavy atom. The van der Waals surface area contributed by atoms with Crippen LogP contribution < -0.4 is 15.5 Å². The van der Waals surface area contributed by atoms with Gasteiger partial charge in [0.15, 0.2) is 0 Å². The summed E-state index contributed by atoms with van der Waals surface area (Å²) in [4.78, 5) is 34.9. The highest BCUT2D eigenvalue weighted by molar-refractivity contribution is 6.07. The van der Waals surface area contributed by atoms with Crippen LogP contribution in [0.2, 0.25) is 0 Å². The molecule has 0 bridgehead atoms. The lowest BCUT2D eigenvalue weighted by molar-refractivity contribution is -0.117. The van der Waals surface area contributed by atoms with Crippen molar-refractivity contribution in [3.8, 4) is 11.1 Å². The highest BCUT2D eigenvalue weighted by Crippen LogP contribution is 2.31. The molecule has 32 heavy (non-hydrogen) atoms. The van der Waals surface area contributed by atoms with Gasteiger partial charge in [0.25, 0.3) is 5.91 Å². The number of aromatic nitrogens is 2. The van der Waals surface area contributed by atoms with Crippen molar-refractivity contribution < 1.29 is 14.0 Å². The molecule has 1 aromatic carbocycles.